The van der Waals surface area contributed by atoms with Crippen LogP contribution in [0.15, 0.2) is 16.6 Å². The van der Waals surface area contributed by atoms with Crippen molar-refractivity contribution < 1.29 is 5.11 Å². The molecule has 0 fully saturated rings. The van der Waals surface area contributed by atoms with Gasteiger partial charge in [0.25, 0.3) is 0 Å². The number of nitrogens with two attached hydrogens (primary N) is 1. The SMILES string of the molecule is Cc1cc(C(O)C(C)N)cc(C)c1Br. The summed E-state index contributed by atoms with van der Waals surface area (Å²) in [5, 5.41) is 9.80. The molecule has 0 aromatic heterocycles. The van der Waals surface area contributed by atoms with Gasteiger partial charge in [0.15, 0.2) is 0 Å². The number of hydrogen-bond donors (Lipinski definition) is 2. The van der Waals surface area contributed by atoms with Crippen molar-refractivity contribution in [1.82, 2.24) is 0 Å². The fourth-order valence-corrected chi connectivity index (χ4v) is 1.68. The van der Waals surface area contributed by atoms with Gasteiger partial charge < -0.3 is 10.8 Å². The molecule has 0 aliphatic heterocycles. The highest BCUT2D eigenvalue weighted by molar-refractivity contribution is 9.10. The Morgan fingerprint density at radius 1 is 1.29 bits per heavy atom. The molecule has 2 unspecified atom stereocenters. The van der Waals surface area contributed by atoms with Crippen LogP contribution >= 0.6 is 15.9 Å². The molecule has 78 valence electrons. The van der Waals surface area contributed by atoms with Crippen LogP contribution in [0.4, 0.5) is 0 Å². The number of aliphatic hydroxyl groups excluding tert-OH is 1. The van der Waals surface area contributed by atoms with Crippen LogP contribution in [-0.4, -0.2) is 11.1 Å². The summed E-state index contributed by atoms with van der Waals surface area (Å²) in [4.78, 5) is 0. The van der Waals surface area contributed by atoms with E-state index in [1.165, 1.54) is 0 Å². The van der Waals surface area contributed by atoms with Gasteiger partial charge >= 0.3 is 0 Å². The third-order valence-corrected chi connectivity index (χ3v) is 3.55. The minimum absolute atomic E-state index is 0.241. The van der Waals surface area contributed by atoms with Crippen LogP contribution in [-0.2, 0) is 0 Å². The van der Waals surface area contributed by atoms with Crippen molar-refractivity contribution in [3.8, 4) is 0 Å². The lowest BCUT2D eigenvalue weighted by molar-refractivity contribution is 0.153. The van der Waals surface area contributed by atoms with E-state index in [1.54, 1.807) is 6.92 Å². The lowest BCUT2D eigenvalue weighted by Crippen LogP contribution is -2.24. The maximum Gasteiger partial charge on any atom is 0.0938 e. The molecule has 3 heteroatoms. The molecule has 0 bridgehead atoms. The molecule has 0 radical (unpaired) electrons. The van der Waals surface area contributed by atoms with Crippen LogP contribution in [0.25, 0.3) is 0 Å². The second kappa shape index (κ2) is 4.43. The lowest BCUT2D eigenvalue weighted by atomic mass is 10.00. The van der Waals surface area contributed by atoms with Crippen LogP contribution in [0.2, 0.25) is 0 Å². The molecule has 14 heavy (non-hydrogen) atoms. The van der Waals surface area contributed by atoms with Gasteiger partial charge in [-0.15, -0.1) is 0 Å². The van der Waals surface area contributed by atoms with E-state index in [-0.39, 0.29) is 6.04 Å². The molecule has 0 aliphatic rings. The predicted molar refractivity (Wildman–Crippen MR) is 62.2 cm³/mol. The Labute approximate surface area is 93.3 Å². The maximum absolute atomic E-state index is 9.80. The number of aliphatic hydroxyl groups is 1. The maximum atomic E-state index is 9.80. The quantitative estimate of drug-likeness (QED) is 0.855. The first kappa shape index (κ1) is 11.7. The van der Waals surface area contributed by atoms with Crippen molar-refractivity contribution in [3.05, 3.63) is 33.3 Å². The zero-order valence-corrected chi connectivity index (χ0v) is 10.3. The zero-order valence-electron chi connectivity index (χ0n) is 8.71. The summed E-state index contributed by atoms with van der Waals surface area (Å²) in [7, 11) is 0. The number of benzene rings is 1. The molecule has 0 saturated heterocycles. The highest BCUT2D eigenvalue weighted by atomic mass is 79.9. The minimum Gasteiger partial charge on any atom is -0.387 e. The standard InChI is InChI=1S/C11H16BrNO/c1-6-4-9(11(14)8(3)13)5-7(2)10(6)12/h4-5,8,11,14H,13H2,1-3H3. The van der Waals surface area contributed by atoms with Gasteiger partial charge in [0.1, 0.15) is 0 Å². The van der Waals surface area contributed by atoms with Crippen LogP contribution in [0, 0.1) is 13.8 Å². The second-order valence-corrected chi connectivity index (χ2v) is 4.57. The molecule has 1 aromatic rings. The molecular weight excluding hydrogens is 242 g/mol. The van der Waals surface area contributed by atoms with Crippen molar-refractivity contribution >= 4 is 15.9 Å². The van der Waals surface area contributed by atoms with Gasteiger partial charge in [-0.05, 0) is 37.5 Å². The van der Waals surface area contributed by atoms with Crippen molar-refractivity contribution in [2.45, 2.75) is 32.9 Å². The first-order valence-corrected chi connectivity index (χ1v) is 5.43. The van der Waals surface area contributed by atoms with E-state index in [0.29, 0.717) is 0 Å². The average Bonchev–Trinajstić information content (AvgIpc) is 2.12. The first-order valence-electron chi connectivity index (χ1n) is 4.63. The molecule has 2 nitrogen and oxygen atoms in total. The first-order chi connectivity index (χ1) is 6.43. The van der Waals surface area contributed by atoms with Crippen LogP contribution in [0.3, 0.4) is 0 Å². The molecule has 0 saturated carbocycles. The van der Waals surface area contributed by atoms with E-state index in [0.717, 1.165) is 21.2 Å². The summed E-state index contributed by atoms with van der Waals surface area (Å²) in [5.41, 5.74) is 8.78. The molecule has 1 rings (SSSR count). The fourth-order valence-electron chi connectivity index (χ4n) is 1.45. The third-order valence-electron chi connectivity index (χ3n) is 2.30. The summed E-state index contributed by atoms with van der Waals surface area (Å²) in [6.45, 7) is 5.82. The minimum atomic E-state index is -0.583. The second-order valence-electron chi connectivity index (χ2n) is 3.77. The van der Waals surface area contributed by atoms with Crippen LogP contribution < -0.4 is 5.73 Å². The Morgan fingerprint density at radius 3 is 2.07 bits per heavy atom. The lowest BCUT2D eigenvalue weighted by Gasteiger charge is -2.17. The Bertz CT molecular complexity index is 313. The molecule has 0 amide bonds. The Morgan fingerprint density at radius 2 is 1.71 bits per heavy atom. The number of rotatable bonds is 2. The van der Waals surface area contributed by atoms with Gasteiger partial charge in [-0.1, -0.05) is 28.1 Å². The van der Waals surface area contributed by atoms with E-state index < -0.39 is 6.10 Å². The van der Waals surface area contributed by atoms with Gasteiger partial charge in [-0.3, -0.25) is 0 Å². The molecule has 0 heterocycles. The van der Waals surface area contributed by atoms with E-state index in [2.05, 4.69) is 15.9 Å². The molecule has 1 aromatic carbocycles. The van der Waals surface area contributed by atoms with Gasteiger partial charge in [-0.2, -0.15) is 0 Å². The predicted octanol–water partition coefficient (Wildman–Crippen LogP) is 2.45. The van der Waals surface area contributed by atoms with Crippen molar-refractivity contribution in [2.75, 3.05) is 0 Å². The van der Waals surface area contributed by atoms with Crippen LogP contribution in [0.1, 0.15) is 29.7 Å². The average molecular weight is 258 g/mol. The van der Waals surface area contributed by atoms with Gasteiger partial charge in [-0.25, -0.2) is 0 Å². The van der Waals surface area contributed by atoms with E-state index in [1.807, 2.05) is 26.0 Å². The highest BCUT2D eigenvalue weighted by Crippen LogP contribution is 2.26. The highest BCUT2D eigenvalue weighted by Gasteiger charge is 2.14. The molecule has 0 aliphatic carbocycles. The molecular formula is C11H16BrNO. The van der Waals surface area contributed by atoms with Crippen molar-refractivity contribution in [2.24, 2.45) is 5.73 Å². The fraction of sp³-hybridized carbons (Fsp3) is 0.455. The number of hydrogen-bond acceptors (Lipinski definition) is 2. The molecule has 2 atom stereocenters. The monoisotopic (exact) mass is 257 g/mol. The van der Waals surface area contributed by atoms with Crippen LogP contribution in [0.5, 0.6) is 0 Å². The van der Waals surface area contributed by atoms with E-state index >= 15 is 0 Å². The topological polar surface area (TPSA) is 46.2 Å². The summed E-state index contributed by atoms with van der Waals surface area (Å²) in [6.07, 6.45) is -0.583. The van der Waals surface area contributed by atoms with Gasteiger partial charge in [0, 0.05) is 10.5 Å². The van der Waals surface area contributed by atoms with Gasteiger partial charge in [0.05, 0.1) is 6.10 Å². The smallest absolute Gasteiger partial charge is 0.0938 e. The summed E-state index contributed by atoms with van der Waals surface area (Å²) in [5.74, 6) is 0. The van der Waals surface area contributed by atoms with E-state index in [9.17, 15) is 5.11 Å². The van der Waals surface area contributed by atoms with Crippen molar-refractivity contribution in [1.29, 1.82) is 0 Å². The third kappa shape index (κ3) is 2.35. The number of aryl methyl sites for hydroxylation is 2. The zero-order chi connectivity index (χ0) is 10.9. The summed E-state index contributed by atoms with van der Waals surface area (Å²) in [6, 6.07) is 3.69. The normalized spacial score (nSPS) is 15.3. The largest absolute Gasteiger partial charge is 0.387 e. The van der Waals surface area contributed by atoms with Crippen molar-refractivity contribution in [3.63, 3.8) is 0 Å². The Kier molecular flexibility index (Phi) is 3.70. The number of halogens is 1. The summed E-state index contributed by atoms with van der Waals surface area (Å²) >= 11 is 3.49. The molecule has 0 spiro atoms. The molecule has 3 N–H and O–H groups in total. The Hall–Kier alpha value is -0.380. The Balaban J connectivity index is 3.12. The summed E-state index contributed by atoms with van der Waals surface area (Å²) < 4.78 is 1.10. The van der Waals surface area contributed by atoms with Gasteiger partial charge in [0.2, 0.25) is 0 Å². The van der Waals surface area contributed by atoms with E-state index in [4.69, 9.17) is 5.73 Å².